The van der Waals surface area contributed by atoms with E-state index < -0.39 is 24.0 Å². The van der Waals surface area contributed by atoms with E-state index in [-0.39, 0.29) is 31.1 Å². The maximum Gasteiger partial charge on any atom is 0.407 e. The summed E-state index contributed by atoms with van der Waals surface area (Å²) in [5, 5.41) is 22.8. The summed E-state index contributed by atoms with van der Waals surface area (Å²) < 4.78 is 5.44. The van der Waals surface area contributed by atoms with Crippen LogP contribution in [0.5, 0.6) is 0 Å². The number of H-pyrrole nitrogens is 1. The van der Waals surface area contributed by atoms with Crippen LogP contribution in [0.2, 0.25) is 0 Å². The molecule has 1 aromatic heterocycles. The minimum atomic E-state index is -1.23. The third-order valence-corrected chi connectivity index (χ3v) is 5.45. The molecule has 2 aromatic carbocycles. The first-order valence-corrected chi connectivity index (χ1v) is 10.0. The van der Waals surface area contributed by atoms with E-state index in [1.54, 1.807) is 0 Å². The lowest BCUT2D eigenvalue weighted by Crippen LogP contribution is -2.31. The smallest absolute Gasteiger partial charge is 0.407 e. The number of hydrogen-bond acceptors (Lipinski definition) is 6. The lowest BCUT2D eigenvalue weighted by molar-refractivity contribution is 0.0132. The van der Waals surface area contributed by atoms with E-state index in [0.717, 1.165) is 22.3 Å². The van der Waals surface area contributed by atoms with Crippen LogP contribution in [-0.4, -0.2) is 45.5 Å². The molecule has 3 aromatic rings. The summed E-state index contributed by atoms with van der Waals surface area (Å²) in [4.78, 5) is 29.0. The number of carbonyl (C=O) groups excluding carboxylic acids is 1. The molecule has 0 aliphatic heterocycles. The molecular formula is C23H23N3O5. The van der Waals surface area contributed by atoms with Gasteiger partial charge >= 0.3 is 11.8 Å². The number of nitrogens with one attached hydrogen (secondary N) is 2. The van der Waals surface area contributed by atoms with E-state index in [4.69, 9.17) is 4.74 Å². The number of alkyl carbamates (subject to hydrolysis) is 1. The summed E-state index contributed by atoms with van der Waals surface area (Å²) in [5.74, 6) is -0.0294. The Bertz CT molecular complexity index is 1060. The number of rotatable bonds is 7. The van der Waals surface area contributed by atoms with Gasteiger partial charge in [0, 0.05) is 30.4 Å². The van der Waals surface area contributed by atoms with Crippen LogP contribution in [-0.2, 0) is 4.74 Å². The van der Waals surface area contributed by atoms with Gasteiger partial charge in [0.2, 0.25) is 0 Å². The third-order valence-electron chi connectivity index (χ3n) is 5.45. The largest absolute Gasteiger partial charge is 0.449 e. The van der Waals surface area contributed by atoms with Gasteiger partial charge in [0.25, 0.3) is 0 Å². The number of ether oxygens (including phenoxy) is 1. The second kappa shape index (κ2) is 9.11. The Morgan fingerprint density at radius 2 is 1.74 bits per heavy atom. The number of aromatic amines is 1. The highest BCUT2D eigenvalue weighted by molar-refractivity contribution is 5.79. The minimum Gasteiger partial charge on any atom is -0.449 e. The van der Waals surface area contributed by atoms with Gasteiger partial charge in [0.1, 0.15) is 12.7 Å². The van der Waals surface area contributed by atoms with E-state index in [0.29, 0.717) is 0 Å². The van der Waals surface area contributed by atoms with Gasteiger partial charge in [-0.15, -0.1) is 0 Å². The van der Waals surface area contributed by atoms with E-state index in [2.05, 4.69) is 27.4 Å². The van der Waals surface area contributed by atoms with Crippen molar-refractivity contribution in [2.45, 2.75) is 24.5 Å². The first-order chi connectivity index (χ1) is 15.0. The Morgan fingerprint density at radius 3 is 2.35 bits per heavy atom. The lowest BCUT2D eigenvalue weighted by atomic mass is 9.98. The average Bonchev–Trinajstić information content (AvgIpc) is 3.11. The molecular weight excluding hydrogens is 398 g/mol. The Hall–Kier alpha value is -3.49. The highest BCUT2D eigenvalue weighted by Gasteiger charge is 2.29. The van der Waals surface area contributed by atoms with E-state index in [1.807, 2.05) is 36.4 Å². The van der Waals surface area contributed by atoms with Gasteiger partial charge in [-0.1, -0.05) is 48.5 Å². The average molecular weight is 421 g/mol. The molecule has 1 aliphatic rings. The molecule has 2 atom stereocenters. The molecule has 0 bridgehead atoms. The SMILES string of the molecule is O=C(NCCC(O)C(O)c1cnc(=O)[nH]c1)OCC1c2ccccc2-c2ccccc21. The van der Waals surface area contributed by atoms with Crippen LogP contribution in [0.4, 0.5) is 4.79 Å². The number of nitrogens with zero attached hydrogens (tertiary/aromatic N) is 1. The van der Waals surface area contributed by atoms with Crippen LogP contribution in [0.3, 0.4) is 0 Å². The Kier molecular flexibility index (Phi) is 6.11. The molecule has 31 heavy (non-hydrogen) atoms. The van der Waals surface area contributed by atoms with Crippen LogP contribution < -0.4 is 11.0 Å². The molecule has 1 amide bonds. The standard InChI is InChI=1S/C23H23N3O5/c27-20(21(28)14-11-25-22(29)26-12-14)9-10-24-23(30)31-13-19-17-7-3-1-5-15(17)16-6-2-4-8-18(16)19/h1-8,11-12,19-21,27-28H,9-10,13H2,(H,24,30)(H,25,26,29). The van der Waals surface area contributed by atoms with E-state index >= 15 is 0 Å². The molecule has 8 nitrogen and oxygen atoms in total. The summed E-state index contributed by atoms with van der Waals surface area (Å²) >= 11 is 0. The van der Waals surface area contributed by atoms with Gasteiger partial charge in [0.05, 0.1) is 6.10 Å². The molecule has 1 aliphatic carbocycles. The van der Waals surface area contributed by atoms with Crippen molar-refractivity contribution in [3.05, 3.63) is 88.1 Å². The van der Waals surface area contributed by atoms with Crippen molar-refractivity contribution in [1.29, 1.82) is 0 Å². The molecule has 0 saturated carbocycles. The van der Waals surface area contributed by atoms with Gasteiger partial charge < -0.3 is 25.3 Å². The van der Waals surface area contributed by atoms with Crippen LogP contribution in [0.15, 0.2) is 65.7 Å². The fraction of sp³-hybridized carbons (Fsp3) is 0.261. The predicted molar refractivity (Wildman–Crippen MR) is 114 cm³/mol. The quantitative estimate of drug-likeness (QED) is 0.463. The molecule has 160 valence electrons. The molecule has 0 spiro atoms. The van der Waals surface area contributed by atoms with Crippen molar-refractivity contribution in [2.75, 3.05) is 13.2 Å². The molecule has 0 saturated heterocycles. The number of carbonyl (C=O) groups is 1. The van der Waals surface area contributed by atoms with Crippen LogP contribution in [0.1, 0.15) is 35.1 Å². The van der Waals surface area contributed by atoms with Crippen LogP contribution >= 0.6 is 0 Å². The normalized spacial score (nSPS) is 14.4. The predicted octanol–water partition coefficient (Wildman–Crippen LogP) is 2.09. The number of aliphatic hydroxyl groups excluding tert-OH is 2. The summed E-state index contributed by atoms with van der Waals surface area (Å²) in [6.07, 6.45) is -0.359. The Morgan fingerprint density at radius 1 is 1.10 bits per heavy atom. The number of amides is 1. The van der Waals surface area contributed by atoms with Gasteiger partial charge in [0.15, 0.2) is 0 Å². The zero-order chi connectivity index (χ0) is 21.8. The maximum absolute atomic E-state index is 12.2. The molecule has 0 fully saturated rings. The molecule has 1 heterocycles. The van der Waals surface area contributed by atoms with Gasteiger partial charge in [-0.05, 0) is 28.7 Å². The third kappa shape index (κ3) is 4.50. The monoisotopic (exact) mass is 421 g/mol. The van der Waals surface area contributed by atoms with Crippen molar-refractivity contribution in [2.24, 2.45) is 0 Å². The fourth-order valence-electron chi connectivity index (χ4n) is 3.87. The fourth-order valence-corrected chi connectivity index (χ4v) is 3.87. The van der Waals surface area contributed by atoms with Gasteiger partial charge in [-0.25, -0.2) is 14.6 Å². The summed E-state index contributed by atoms with van der Waals surface area (Å²) in [6, 6.07) is 16.2. The number of aliphatic hydroxyl groups is 2. The Balaban J connectivity index is 1.28. The second-order valence-electron chi connectivity index (χ2n) is 7.41. The summed E-state index contributed by atoms with van der Waals surface area (Å²) in [6.45, 7) is 0.319. The molecule has 0 radical (unpaired) electrons. The zero-order valence-corrected chi connectivity index (χ0v) is 16.7. The highest BCUT2D eigenvalue weighted by atomic mass is 16.5. The van der Waals surface area contributed by atoms with Crippen molar-refractivity contribution >= 4 is 6.09 Å². The maximum atomic E-state index is 12.2. The van der Waals surface area contributed by atoms with Gasteiger partial charge in [-0.3, -0.25) is 0 Å². The van der Waals surface area contributed by atoms with Crippen molar-refractivity contribution in [1.82, 2.24) is 15.3 Å². The summed E-state index contributed by atoms with van der Waals surface area (Å²) in [5.41, 5.74) is 4.31. The van der Waals surface area contributed by atoms with Crippen LogP contribution in [0.25, 0.3) is 11.1 Å². The molecule has 4 N–H and O–H groups in total. The van der Waals surface area contributed by atoms with E-state index in [9.17, 15) is 19.8 Å². The number of hydrogen-bond donors (Lipinski definition) is 4. The summed E-state index contributed by atoms with van der Waals surface area (Å²) in [7, 11) is 0. The topological polar surface area (TPSA) is 125 Å². The minimum absolute atomic E-state index is 0.0294. The molecule has 8 heteroatoms. The lowest BCUT2D eigenvalue weighted by Gasteiger charge is -2.18. The zero-order valence-electron chi connectivity index (χ0n) is 16.7. The first-order valence-electron chi connectivity index (χ1n) is 10.0. The second-order valence-corrected chi connectivity index (χ2v) is 7.41. The van der Waals surface area contributed by atoms with Crippen molar-refractivity contribution in [3.8, 4) is 11.1 Å². The number of fused-ring (bicyclic) bond motifs is 3. The van der Waals surface area contributed by atoms with Crippen molar-refractivity contribution in [3.63, 3.8) is 0 Å². The van der Waals surface area contributed by atoms with Crippen LogP contribution in [0, 0.1) is 0 Å². The van der Waals surface area contributed by atoms with Gasteiger partial charge in [-0.2, -0.15) is 0 Å². The number of benzene rings is 2. The van der Waals surface area contributed by atoms with E-state index in [1.165, 1.54) is 12.4 Å². The van der Waals surface area contributed by atoms with Crippen molar-refractivity contribution < 1.29 is 19.7 Å². The molecule has 2 unspecified atom stereocenters. The molecule has 4 rings (SSSR count). The highest BCUT2D eigenvalue weighted by Crippen LogP contribution is 2.44. The first kappa shape index (κ1) is 20.8. The number of aromatic nitrogens is 2. The Labute approximate surface area is 178 Å².